The molecule has 4 aliphatic rings. The first-order chi connectivity index (χ1) is 11.3. The number of allylic oxidation sites excluding steroid dienone is 1. The molecule has 3 fully saturated rings. The molecule has 4 aliphatic carbocycles. The number of urea groups is 1. The molecule has 0 bridgehead atoms. The summed E-state index contributed by atoms with van der Waals surface area (Å²) < 4.78 is 0. The average Bonchev–Trinajstić information content (AvgIpc) is 2.83. The zero-order chi connectivity index (χ0) is 17.1. The molecule has 0 radical (unpaired) electrons. The van der Waals surface area contributed by atoms with Crippen LogP contribution in [0.2, 0.25) is 0 Å². The zero-order valence-electron chi connectivity index (χ0n) is 14.9. The van der Waals surface area contributed by atoms with Crippen LogP contribution in [0.5, 0.6) is 0 Å². The van der Waals surface area contributed by atoms with Crippen molar-refractivity contribution in [3.63, 3.8) is 0 Å². The summed E-state index contributed by atoms with van der Waals surface area (Å²) in [6.45, 7) is 4.68. The van der Waals surface area contributed by atoms with Gasteiger partial charge in [-0.05, 0) is 68.1 Å². The Bertz CT molecular complexity index is 613. The summed E-state index contributed by atoms with van der Waals surface area (Å²) in [5.74, 6) is 2.53. The monoisotopic (exact) mass is 330 g/mol. The van der Waals surface area contributed by atoms with E-state index in [-0.39, 0.29) is 16.9 Å². The number of amides is 2. The second-order valence-electron chi connectivity index (χ2n) is 9.10. The lowest BCUT2D eigenvalue weighted by atomic mass is 9.47. The van der Waals surface area contributed by atoms with E-state index in [1.807, 2.05) is 0 Å². The lowest BCUT2D eigenvalue weighted by Gasteiger charge is -2.57. The number of Topliss-reactive ketones (excluding diaryl/α,β-unsaturated/α-hetero) is 1. The molecule has 0 spiro atoms. The molecule has 0 aromatic heterocycles. The lowest BCUT2D eigenvalue weighted by molar-refractivity contribution is -0.132. The fourth-order valence-electron chi connectivity index (χ4n) is 6.80. The van der Waals surface area contributed by atoms with E-state index in [4.69, 9.17) is 5.73 Å². The van der Waals surface area contributed by atoms with E-state index in [0.717, 1.165) is 38.5 Å². The number of rotatable bonds is 1. The quantitative estimate of drug-likeness (QED) is 0.722. The number of nitrogens with two attached hydrogens (primary N) is 1. The van der Waals surface area contributed by atoms with Crippen LogP contribution in [0.4, 0.5) is 4.79 Å². The van der Waals surface area contributed by atoms with Crippen molar-refractivity contribution in [3.8, 4) is 0 Å². The van der Waals surface area contributed by atoms with E-state index in [1.54, 1.807) is 0 Å². The second kappa shape index (κ2) is 5.34. The van der Waals surface area contributed by atoms with Crippen molar-refractivity contribution in [1.29, 1.82) is 0 Å². The first-order valence-electron chi connectivity index (χ1n) is 9.65. The van der Waals surface area contributed by atoms with Crippen LogP contribution in [0.3, 0.4) is 0 Å². The highest BCUT2D eigenvalue weighted by Crippen LogP contribution is 2.64. The van der Waals surface area contributed by atoms with E-state index < -0.39 is 6.03 Å². The summed E-state index contributed by atoms with van der Waals surface area (Å²) in [5.41, 5.74) is 7.05. The second-order valence-corrected chi connectivity index (χ2v) is 9.10. The molecule has 6 unspecified atom stereocenters. The summed E-state index contributed by atoms with van der Waals surface area (Å²) in [5, 5.41) is 2.87. The van der Waals surface area contributed by atoms with Crippen molar-refractivity contribution in [2.75, 3.05) is 0 Å². The normalized spacial score (nSPS) is 47.2. The minimum absolute atomic E-state index is 0.0382. The predicted octanol–water partition coefficient (Wildman–Crippen LogP) is 3.56. The van der Waals surface area contributed by atoms with Gasteiger partial charge in [0, 0.05) is 17.9 Å². The third-order valence-electron chi connectivity index (χ3n) is 8.15. The maximum absolute atomic E-state index is 12.4. The molecule has 2 amide bonds. The summed E-state index contributed by atoms with van der Waals surface area (Å²) in [6.07, 6.45) is 10.9. The summed E-state index contributed by atoms with van der Waals surface area (Å²) in [4.78, 5) is 23.6. The highest BCUT2D eigenvalue weighted by Gasteiger charge is 2.58. The minimum Gasteiger partial charge on any atom is -0.352 e. The molecule has 6 atom stereocenters. The van der Waals surface area contributed by atoms with Crippen molar-refractivity contribution in [1.82, 2.24) is 5.32 Å². The number of hydrogen-bond donors (Lipinski definition) is 2. The molecule has 0 heterocycles. The van der Waals surface area contributed by atoms with E-state index >= 15 is 0 Å². The van der Waals surface area contributed by atoms with Gasteiger partial charge in [0.05, 0.1) is 0 Å². The van der Waals surface area contributed by atoms with Crippen LogP contribution in [0.25, 0.3) is 0 Å². The molecule has 3 saturated carbocycles. The van der Waals surface area contributed by atoms with Crippen molar-refractivity contribution in [3.05, 3.63) is 11.6 Å². The van der Waals surface area contributed by atoms with Crippen molar-refractivity contribution in [2.45, 2.75) is 71.3 Å². The van der Waals surface area contributed by atoms with E-state index in [1.165, 1.54) is 18.4 Å². The third kappa shape index (κ3) is 2.18. The molecule has 132 valence electrons. The molecular formula is C20H30N2O2. The Kier molecular flexibility index (Phi) is 3.59. The maximum Gasteiger partial charge on any atom is 0.312 e. The Labute approximate surface area is 144 Å². The first-order valence-corrected chi connectivity index (χ1v) is 9.65. The number of hydrogen-bond acceptors (Lipinski definition) is 2. The fraction of sp³-hybridized carbons (Fsp3) is 0.800. The molecule has 4 nitrogen and oxygen atoms in total. The van der Waals surface area contributed by atoms with Gasteiger partial charge in [-0.15, -0.1) is 0 Å². The molecule has 0 saturated heterocycles. The number of fused-ring (bicyclic) bond motifs is 5. The standard InChI is InChI=1S/C20H30N2O2/c1-19-9-7-13(22-18(21)24)11-12(19)3-4-14-15-5-6-17(23)20(15,2)10-8-16(14)19/h11,13-16H,3-10H2,1-2H3,(H3,21,22,24). The van der Waals surface area contributed by atoms with Crippen molar-refractivity contribution in [2.24, 2.45) is 34.3 Å². The molecule has 24 heavy (non-hydrogen) atoms. The Morgan fingerprint density at radius 2 is 1.79 bits per heavy atom. The van der Waals surface area contributed by atoms with Gasteiger partial charge in [0.15, 0.2) is 0 Å². The van der Waals surface area contributed by atoms with Gasteiger partial charge >= 0.3 is 6.03 Å². The van der Waals surface area contributed by atoms with Gasteiger partial charge in [-0.3, -0.25) is 4.79 Å². The largest absolute Gasteiger partial charge is 0.352 e. The van der Waals surface area contributed by atoms with Gasteiger partial charge in [0.25, 0.3) is 0 Å². The zero-order valence-corrected chi connectivity index (χ0v) is 14.9. The van der Waals surface area contributed by atoms with Gasteiger partial charge in [-0.2, -0.15) is 0 Å². The Morgan fingerprint density at radius 1 is 1.08 bits per heavy atom. The highest BCUT2D eigenvalue weighted by molar-refractivity contribution is 5.87. The Morgan fingerprint density at radius 3 is 2.54 bits per heavy atom. The number of nitrogens with one attached hydrogen (secondary N) is 1. The lowest BCUT2D eigenvalue weighted by Crippen LogP contribution is -2.52. The molecular weight excluding hydrogens is 300 g/mol. The number of ketones is 1. The molecule has 0 aliphatic heterocycles. The van der Waals surface area contributed by atoms with Crippen LogP contribution >= 0.6 is 0 Å². The molecule has 3 N–H and O–H groups in total. The summed E-state index contributed by atoms with van der Waals surface area (Å²) in [7, 11) is 0. The molecule has 4 rings (SSSR count). The van der Waals surface area contributed by atoms with Crippen LogP contribution in [0.1, 0.15) is 65.2 Å². The smallest absolute Gasteiger partial charge is 0.312 e. The topological polar surface area (TPSA) is 72.2 Å². The van der Waals surface area contributed by atoms with Gasteiger partial charge in [-0.25, -0.2) is 4.79 Å². The predicted molar refractivity (Wildman–Crippen MR) is 93.2 cm³/mol. The molecule has 4 heteroatoms. The molecule has 0 aromatic rings. The number of carbonyl (C=O) groups excluding carboxylic acids is 2. The summed E-state index contributed by atoms with van der Waals surface area (Å²) in [6, 6.07) is -0.323. The number of carbonyl (C=O) groups is 2. The van der Waals surface area contributed by atoms with Gasteiger partial charge in [0.1, 0.15) is 5.78 Å². The average molecular weight is 330 g/mol. The van der Waals surface area contributed by atoms with E-state index in [9.17, 15) is 9.59 Å². The Hall–Kier alpha value is -1.32. The Balaban J connectivity index is 1.61. The van der Waals surface area contributed by atoms with Crippen molar-refractivity contribution < 1.29 is 9.59 Å². The van der Waals surface area contributed by atoms with Crippen LogP contribution in [-0.4, -0.2) is 17.9 Å². The van der Waals surface area contributed by atoms with E-state index in [0.29, 0.717) is 23.5 Å². The van der Waals surface area contributed by atoms with Gasteiger partial charge in [-0.1, -0.05) is 25.5 Å². The summed E-state index contributed by atoms with van der Waals surface area (Å²) >= 11 is 0. The van der Waals surface area contributed by atoms with Gasteiger partial charge < -0.3 is 11.1 Å². The van der Waals surface area contributed by atoms with Crippen LogP contribution < -0.4 is 11.1 Å². The SMILES string of the molecule is CC12CCC3C(CCC4=CC(NC(N)=O)CCC43C)C1CCC2=O. The van der Waals surface area contributed by atoms with Crippen LogP contribution in [0, 0.1) is 28.6 Å². The number of primary amides is 1. The third-order valence-corrected chi connectivity index (χ3v) is 8.15. The highest BCUT2D eigenvalue weighted by atomic mass is 16.2. The van der Waals surface area contributed by atoms with Crippen molar-refractivity contribution >= 4 is 11.8 Å². The maximum atomic E-state index is 12.4. The van der Waals surface area contributed by atoms with Crippen LogP contribution in [-0.2, 0) is 4.79 Å². The van der Waals surface area contributed by atoms with Crippen LogP contribution in [0.15, 0.2) is 11.6 Å². The minimum atomic E-state index is -0.424. The van der Waals surface area contributed by atoms with E-state index in [2.05, 4.69) is 25.2 Å². The molecule has 0 aromatic carbocycles. The fourth-order valence-corrected chi connectivity index (χ4v) is 6.80. The first kappa shape index (κ1) is 16.2. The van der Waals surface area contributed by atoms with Gasteiger partial charge in [0.2, 0.25) is 0 Å².